The molecule has 188 valence electrons. The van der Waals surface area contributed by atoms with Crippen LogP contribution in [0.3, 0.4) is 0 Å². The van der Waals surface area contributed by atoms with Crippen molar-refractivity contribution in [3.63, 3.8) is 0 Å². The van der Waals surface area contributed by atoms with Crippen LogP contribution in [0, 0.1) is 0 Å². The van der Waals surface area contributed by atoms with Crippen molar-refractivity contribution >= 4 is 28.4 Å². The van der Waals surface area contributed by atoms with Gasteiger partial charge >= 0.3 is 0 Å². The van der Waals surface area contributed by atoms with Crippen LogP contribution in [0.15, 0.2) is 116 Å². The molecule has 0 spiro atoms. The molecule has 0 fully saturated rings. The fourth-order valence-corrected chi connectivity index (χ4v) is 4.34. The van der Waals surface area contributed by atoms with Gasteiger partial charge in [0.2, 0.25) is 17.2 Å². The van der Waals surface area contributed by atoms with Crippen molar-refractivity contribution in [2.75, 3.05) is 0 Å². The molecule has 5 aliphatic heterocycles. The number of nitrogens with two attached hydrogens (primary N) is 4. The fraction of sp³-hybridized carbons (Fsp3) is 0. The summed E-state index contributed by atoms with van der Waals surface area (Å²) in [5, 5.41) is 0. The first-order valence-electron chi connectivity index (χ1n) is 11.2. The minimum absolute atomic E-state index is 0.0268. The number of allylic oxidation sites excluding steroid dienone is 12. The van der Waals surface area contributed by atoms with Gasteiger partial charge in [-0.15, -0.1) is 0 Å². The maximum Gasteiger partial charge on any atom is 0.240 e. The van der Waals surface area contributed by atoms with Crippen molar-refractivity contribution < 1.29 is 19.4 Å². The van der Waals surface area contributed by atoms with Gasteiger partial charge in [0, 0.05) is 11.1 Å². The van der Waals surface area contributed by atoms with Crippen LogP contribution in [0.2, 0.25) is 0 Å². The Kier molecular flexibility index (Phi) is 5.75. The van der Waals surface area contributed by atoms with Gasteiger partial charge in [0.25, 0.3) is 0 Å². The first-order valence-corrected chi connectivity index (χ1v) is 11.2. The van der Waals surface area contributed by atoms with E-state index in [2.05, 4.69) is 15.0 Å². The number of hydrogen-bond donors (Lipinski definition) is 4. The molecular weight excluding hydrogens is 488 g/mol. The van der Waals surface area contributed by atoms with Gasteiger partial charge in [-0.3, -0.25) is 0 Å². The third-order valence-corrected chi connectivity index (χ3v) is 5.97. The molecule has 5 aliphatic rings. The van der Waals surface area contributed by atoms with E-state index in [1.54, 1.807) is 0 Å². The Balaban J connectivity index is 1.54. The Morgan fingerprint density at radius 3 is 1.53 bits per heavy atom. The number of rotatable bonds is 5. The molecule has 0 amide bonds. The maximum absolute atomic E-state index is 5.61. The summed E-state index contributed by atoms with van der Waals surface area (Å²) in [6.45, 7) is 0. The predicted molar refractivity (Wildman–Crippen MR) is 143 cm³/mol. The highest BCUT2D eigenvalue weighted by molar-refractivity contribution is 6.19. The molecular formula is C26H20N8O4. The lowest BCUT2D eigenvalue weighted by Crippen LogP contribution is -2.15. The Hall–Kier alpha value is -5.14. The van der Waals surface area contributed by atoms with E-state index in [4.69, 9.17) is 47.9 Å². The average molecular weight is 508 g/mol. The van der Waals surface area contributed by atoms with E-state index < -0.39 is 0 Å². The second-order valence-corrected chi connectivity index (χ2v) is 8.32. The molecule has 1 aromatic carbocycles. The van der Waals surface area contributed by atoms with E-state index in [1.807, 2.05) is 66.8 Å². The summed E-state index contributed by atoms with van der Waals surface area (Å²) in [4.78, 5) is 38.7. The fourth-order valence-electron chi connectivity index (χ4n) is 4.34. The van der Waals surface area contributed by atoms with Crippen molar-refractivity contribution in [2.24, 2.45) is 43.6 Å². The van der Waals surface area contributed by atoms with Crippen LogP contribution in [0.4, 0.5) is 0 Å². The normalized spacial score (nSPS) is 18.6. The largest absolute Gasteiger partial charge is 0.407 e. The van der Waals surface area contributed by atoms with Crippen molar-refractivity contribution in [1.29, 1.82) is 0 Å². The highest BCUT2D eigenvalue weighted by Crippen LogP contribution is 2.49. The molecule has 8 bridgehead atoms. The van der Waals surface area contributed by atoms with Crippen molar-refractivity contribution in [3.8, 4) is 23.0 Å². The van der Waals surface area contributed by atoms with E-state index >= 15 is 0 Å². The van der Waals surface area contributed by atoms with Gasteiger partial charge < -0.3 is 19.4 Å². The third-order valence-electron chi connectivity index (χ3n) is 5.97. The van der Waals surface area contributed by atoms with E-state index in [0.717, 1.165) is 22.8 Å². The van der Waals surface area contributed by atoms with Gasteiger partial charge in [0.05, 0.1) is 45.6 Å². The van der Waals surface area contributed by atoms with Crippen LogP contribution in [-0.2, 0) is 0 Å². The summed E-state index contributed by atoms with van der Waals surface area (Å²) in [6, 6.07) is 1.53. The van der Waals surface area contributed by atoms with E-state index in [-0.39, 0.29) is 23.0 Å². The summed E-state index contributed by atoms with van der Waals surface area (Å²) in [5.41, 5.74) is 6.65. The average Bonchev–Trinajstić information content (AvgIpc) is 3.72. The summed E-state index contributed by atoms with van der Waals surface area (Å²) < 4.78 is 0. The maximum atomic E-state index is 5.61. The molecule has 0 saturated carbocycles. The zero-order valence-electron chi connectivity index (χ0n) is 19.7. The monoisotopic (exact) mass is 508 g/mol. The topological polar surface area (TPSA) is 190 Å². The number of nitrogens with zero attached hydrogens (tertiary/aromatic N) is 4. The molecule has 1 aromatic rings. The zero-order valence-corrected chi connectivity index (χ0v) is 19.7. The molecule has 12 nitrogen and oxygen atoms in total. The van der Waals surface area contributed by atoms with Gasteiger partial charge in [-0.1, -0.05) is 0 Å². The van der Waals surface area contributed by atoms with Crippen molar-refractivity contribution in [1.82, 2.24) is 0 Å². The Morgan fingerprint density at radius 1 is 0.474 bits per heavy atom. The zero-order chi connectivity index (χ0) is 26.2. The highest BCUT2D eigenvalue weighted by Gasteiger charge is 2.29. The SMILES string of the molecule is NOc1cc(C2=CC3=NC2=CC2=NC(=CC4=NC(=CC5=NC(=C3)C=C5)C=C4)C=C2)c(ON)c(ON)c1ON. The minimum Gasteiger partial charge on any atom is -0.407 e. The van der Waals surface area contributed by atoms with Crippen molar-refractivity contribution in [3.05, 3.63) is 101 Å². The van der Waals surface area contributed by atoms with Crippen molar-refractivity contribution in [2.45, 2.75) is 0 Å². The lowest BCUT2D eigenvalue weighted by molar-refractivity contribution is 0.236. The Bertz CT molecular complexity index is 1640. The van der Waals surface area contributed by atoms with E-state index in [9.17, 15) is 0 Å². The first kappa shape index (κ1) is 23.3. The summed E-state index contributed by atoms with van der Waals surface area (Å²) >= 11 is 0. The van der Waals surface area contributed by atoms with Crippen LogP contribution in [-0.4, -0.2) is 22.8 Å². The summed E-state index contributed by atoms with van der Waals surface area (Å²) in [6.07, 6.45) is 20.7. The number of fused-ring (bicyclic) bond motifs is 4. The van der Waals surface area contributed by atoms with Crippen LogP contribution in [0.25, 0.3) is 5.57 Å². The van der Waals surface area contributed by atoms with Gasteiger partial charge in [-0.25, -0.2) is 20.0 Å². The Morgan fingerprint density at radius 2 is 1.00 bits per heavy atom. The molecule has 6 rings (SSSR count). The molecule has 8 N–H and O–H groups in total. The van der Waals surface area contributed by atoms with Gasteiger partial charge in [-0.2, -0.15) is 23.6 Å². The first-order chi connectivity index (χ1) is 18.6. The minimum atomic E-state index is -0.119. The number of benzene rings is 1. The van der Waals surface area contributed by atoms with Gasteiger partial charge in [0.15, 0.2) is 5.75 Å². The molecule has 0 aliphatic carbocycles. The van der Waals surface area contributed by atoms with Gasteiger partial charge in [-0.05, 0) is 72.9 Å². The second-order valence-electron chi connectivity index (χ2n) is 8.32. The molecule has 38 heavy (non-hydrogen) atoms. The second kappa shape index (κ2) is 9.38. The Labute approximate surface area is 215 Å². The molecule has 0 unspecified atom stereocenters. The standard InChI is InChI=1S/C26H20N8O4/c27-35-23-12-21(24(36-28)26(38-30)25(23)37-29)20-10-19-9-17-4-3-15(32-17)7-13-1-2-14(31-13)8-16-5-6-18(33-16)11-22(20)34-19/h1-12H,27-30H2. The summed E-state index contributed by atoms with van der Waals surface area (Å²) in [7, 11) is 0. The highest BCUT2D eigenvalue weighted by atomic mass is 16.7. The van der Waals surface area contributed by atoms with Crippen LogP contribution < -0.4 is 42.9 Å². The lowest BCUT2D eigenvalue weighted by Gasteiger charge is -2.17. The third kappa shape index (κ3) is 4.11. The predicted octanol–water partition coefficient (Wildman–Crippen LogP) is 2.12. The molecule has 0 saturated heterocycles. The smallest absolute Gasteiger partial charge is 0.240 e. The molecule has 12 heteroatoms. The number of hydrogen-bond acceptors (Lipinski definition) is 12. The molecule has 0 atom stereocenters. The molecule has 0 radical (unpaired) electrons. The lowest BCUT2D eigenvalue weighted by atomic mass is 9.99. The van der Waals surface area contributed by atoms with E-state index in [1.165, 1.54) is 6.07 Å². The summed E-state index contributed by atoms with van der Waals surface area (Å²) in [5.74, 6) is 21.8. The van der Waals surface area contributed by atoms with Crippen LogP contribution in [0.1, 0.15) is 5.56 Å². The van der Waals surface area contributed by atoms with Crippen LogP contribution >= 0.6 is 0 Å². The quantitative estimate of drug-likeness (QED) is 0.435. The molecule has 0 aromatic heterocycles. The van der Waals surface area contributed by atoms with Gasteiger partial charge in [0.1, 0.15) is 0 Å². The van der Waals surface area contributed by atoms with Crippen LogP contribution in [0.5, 0.6) is 23.0 Å². The van der Waals surface area contributed by atoms with E-state index in [0.29, 0.717) is 34.0 Å². The molecule has 5 heterocycles. The number of aliphatic imine (C=N–C) groups is 4.